The van der Waals surface area contributed by atoms with Gasteiger partial charge in [-0.3, -0.25) is 0 Å². The molecule has 2 rings (SSSR count). The third-order valence-electron chi connectivity index (χ3n) is 3.12. The highest BCUT2D eigenvalue weighted by Crippen LogP contribution is 2.47. The summed E-state index contributed by atoms with van der Waals surface area (Å²) in [5.74, 6) is 0.451. The van der Waals surface area contributed by atoms with E-state index in [1.807, 2.05) is 13.1 Å². The van der Waals surface area contributed by atoms with Crippen LogP contribution in [0.25, 0.3) is 0 Å². The molecule has 1 heterocycles. The normalized spacial score (nSPS) is 22.9. The Labute approximate surface area is 105 Å². The minimum absolute atomic E-state index is 0.100. The van der Waals surface area contributed by atoms with Crippen molar-refractivity contribution in [1.82, 2.24) is 5.32 Å². The highest BCUT2D eigenvalue weighted by atomic mass is 35.5. The molecular weight excluding hydrogens is 245 g/mol. The van der Waals surface area contributed by atoms with Crippen LogP contribution in [0.15, 0.2) is 12.1 Å². The molecule has 1 atom stereocenters. The first-order valence-electron chi connectivity index (χ1n) is 5.25. The van der Waals surface area contributed by atoms with Gasteiger partial charge >= 0.3 is 0 Å². The summed E-state index contributed by atoms with van der Waals surface area (Å²) >= 11 is 7.82. The third-order valence-corrected chi connectivity index (χ3v) is 4.94. The van der Waals surface area contributed by atoms with Gasteiger partial charge in [-0.2, -0.15) is 0 Å². The molecule has 0 aliphatic carbocycles. The predicted molar refractivity (Wildman–Crippen MR) is 68.6 cm³/mol. The topological polar surface area (TPSA) is 12.0 Å². The van der Waals surface area contributed by atoms with Gasteiger partial charge in [0.15, 0.2) is 0 Å². The van der Waals surface area contributed by atoms with Gasteiger partial charge in [0, 0.05) is 16.5 Å². The summed E-state index contributed by atoms with van der Waals surface area (Å²) in [6, 6.07) is 3.51. The number of hydrogen-bond acceptors (Lipinski definition) is 2. The second-order valence-electron chi connectivity index (χ2n) is 4.54. The summed E-state index contributed by atoms with van der Waals surface area (Å²) in [4.78, 5) is 0. The maximum atomic E-state index is 13.4. The van der Waals surface area contributed by atoms with Crippen molar-refractivity contribution in [3.8, 4) is 0 Å². The van der Waals surface area contributed by atoms with Crippen LogP contribution < -0.4 is 5.32 Å². The van der Waals surface area contributed by atoms with Gasteiger partial charge in [-0.15, -0.1) is 11.8 Å². The average molecular weight is 260 g/mol. The maximum Gasteiger partial charge on any atom is 0.142 e. The summed E-state index contributed by atoms with van der Waals surface area (Å²) in [5, 5.41) is 3.57. The summed E-state index contributed by atoms with van der Waals surface area (Å²) < 4.78 is 13.5. The Kier molecular flexibility index (Phi) is 3.21. The van der Waals surface area contributed by atoms with Gasteiger partial charge < -0.3 is 5.32 Å². The van der Waals surface area contributed by atoms with Crippen molar-refractivity contribution >= 4 is 23.4 Å². The lowest BCUT2D eigenvalue weighted by atomic mass is 9.91. The van der Waals surface area contributed by atoms with E-state index in [4.69, 9.17) is 11.6 Å². The van der Waals surface area contributed by atoms with Crippen molar-refractivity contribution in [2.75, 3.05) is 7.05 Å². The van der Waals surface area contributed by atoms with Crippen LogP contribution >= 0.6 is 23.4 Å². The van der Waals surface area contributed by atoms with E-state index in [-0.39, 0.29) is 21.6 Å². The molecule has 0 bridgehead atoms. The van der Waals surface area contributed by atoms with Crippen LogP contribution in [0.1, 0.15) is 31.0 Å². The van der Waals surface area contributed by atoms with E-state index in [0.29, 0.717) is 0 Å². The standard InChI is InChI=1S/C12H15ClFNS/c1-12(2)11(15-3)7-4-5-9(14)10(13)8(7)6-16-12/h4-5,11,15H,6H2,1-3H3. The van der Waals surface area contributed by atoms with E-state index in [9.17, 15) is 4.39 Å². The van der Waals surface area contributed by atoms with Gasteiger partial charge in [-0.25, -0.2) is 4.39 Å². The van der Waals surface area contributed by atoms with Gasteiger partial charge in [-0.1, -0.05) is 17.7 Å². The fourth-order valence-corrected chi connectivity index (χ4v) is 3.80. The fraction of sp³-hybridized carbons (Fsp3) is 0.500. The van der Waals surface area contributed by atoms with Crippen LogP contribution in [0.5, 0.6) is 0 Å². The zero-order valence-corrected chi connectivity index (χ0v) is 11.2. The van der Waals surface area contributed by atoms with E-state index in [2.05, 4.69) is 19.2 Å². The number of halogens is 2. The minimum Gasteiger partial charge on any atom is -0.312 e. The van der Waals surface area contributed by atoms with Gasteiger partial charge in [0.05, 0.1) is 5.02 Å². The van der Waals surface area contributed by atoms with Crippen molar-refractivity contribution in [2.24, 2.45) is 0 Å². The van der Waals surface area contributed by atoms with E-state index in [1.165, 1.54) is 6.07 Å². The number of hydrogen-bond donors (Lipinski definition) is 1. The molecule has 0 saturated heterocycles. The van der Waals surface area contributed by atoms with Crippen molar-refractivity contribution in [3.05, 3.63) is 34.1 Å². The predicted octanol–water partition coefficient (Wildman–Crippen LogP) is 3.77. The Hall–Kier alpha value is -0.250. The number of fused-ring (bicyclic) bond motifs is 1. The Bertz CT molecular complexity index is 420. The molecule has 88 valence electrons. The van der Waals surface area contributed by atoms with Crippen LogP contribution in [0.2, 0.25) is 5.02 Å². The highest BCUT2D eigenvalue weighted by molar-refractivity contribution is 8.00. The molecule has 1 aromatic rings. The van der Waals surface area contributed by atoms with E-state index in [1.54, 1.807) is 11.8 Å². The van der Waals surface area contributed by atoms with Gasteiger partial charge in [-0.05, 0) is 38.1 Å². The van der Waals surface area contributed by atoms with Crippen LogP contribution in [-0.4, -0.2) is 11.8 Å². The molecule has 0 radical (unpaired) electrons. The molecule has 1 aliphatic heterocycles. The molecule has 1 nitrogen and oxygen atoms in total. The molecule has 0 aromatic heterocycles. The number of benzene rings is 1. The monoisotopic (exact) mass is 259 g/mol. The van der Waals surface area contributed by atoms with Crippen LogP contribution in [-0.2, 0) is 5.75 Å². The van der Waals surface area contributed by atoms with E-state index in [0.717, 1.165) is 16.9 Å². The SMILES string of the molecule is CNC1c2ccc(F)c(Cl)c2CSC1(C)C. The van der Waals surface area contributed by atoms with Crippen LogP contribution in [0.4, 0.5) is 4.39 Å². The molecule has 0 amide bonds. The summed E-state index contributed by atoms with van der Waals surface area (Å²) in [7, 11) is 1.93. The van der Waals surface area contributed by atoms with Crippen molar-refractivity contribution in [3.63, 3.8) is 0 Å². The number of rotatable bonds is 1. The van der Waals surface area contributed by atoms with Gasteiger partial charge in [0.2, 0.25) is 0 Å². The van der Waals surface area contributed by atoms with Crippen molar-refractivity contribution in [2.45, 2.75) is 30.4 Å². The second-order valence-corrected chi connectivity index (χ2v) is 6.55. The maximum absolute atomic E-state index is 13.4. The lowest BCUT2D eigenvalue weighted by Crippen LogP contribution is -2.38. The first kappa shape index (κ1) is 12.2. The zero-order chi connectivity index (χ0) is 11.9. The molecule has 0 fully saturated rings. The second kappa shape index (κ2) is 4.21. The molecule has 4 heteroatoms. The first-order chi connectivity index (χ1) is 7.47. The summed E-state index contributed by atoms with van der Waals surface area (Å²) in [6.07, 6.45) is 0. The number of thioether (sulfide) groups is 1. The fourth-order valence-electron chi connectivity index (χ4n) is 2.24. The van der Waals surface area contributed by atoms with E-state index < -0.39 is 0 Å². The average Bonchev–Trinajstić information content (AvgIpc) is 2.22. The lowest BCUT2D eigenvalue weighted by Gasteiger charge is -2.39. The minimum atomic E-state index is -0.324. The van der Waals surface area contributed by atoms with Crippen LogP contribution in [0.3, 0.4) is 0 Å². The van der Waals surface area contributed by atoms with Gasteiger partial charge in [0.1, 0.15) is 5.82 Å². The molecule has 16 heavy (non-hydrogen) atoms. The zero-order valence-electron chi connectivity index (χ0n) is 9.60. The molecule has 1 N–H and O–H groups in total. The quantitative estimate of drug-likeness (QED) is 0.824. The molecule has 1 unspecified atom stereocenters. The van der Waals surface area contributed by atoms with Crippen molar-refractivity contribution < 1.29 is 4.39 Å². The molecule has 0 spiro atoms. The highest BCUT2D eigenvalue weighted by Gasteiger charge is 2.36. The molecule has 1 aliphatic rings. The smallest absolute Gasteiger partial charge is 0.142 e. The van der Waals surface area contributed by atoms with Crippen molar-refractivity contribution in [1.29, 1.82) is 0 Å². The van der Waals surface area contributed by atoms with Gasteiger partial charge in [0.25, 0.3) is 0 Å². The third kappa shape index (κ3) is 1.85. The summed E-state index contributed by atoms with van der Waals surface area (Å²) in [6.45, 7) is 4.39. The molecule has 0 saturated carbocycles. The largest absolute Gasteiger partial charge is 0.312 e. The Morgan fingerprint density at radius 3 is 2.81 bits per heavy atom. The van der Waals surface area contributed by atoms with Crippen LogP contribution in [0, 0.1) is 5.82 Å². The molecular formula is C12H15ClFNS. The molecule has 1 aromatic carbocycles. The lowest BCUT2D eigenvalue weighted by molar-refractivity contribution is 0.473. The Morgan fingerprint density at radius 1 is 1.50 bits per heavy atom. The Morgan fingerprint density at radius 2 is 2.19 bits per heavy atom. The summed E-state index contributed by atoms with van der Waals surface area (Å²) in [5.41, 5.74) is 2.06. The van der Waals surface area contributed by atoms with E-state index >= 15 is 0 Å². The first-order valence-corrected chi connectivity index (χ1v) is 6.61. The Balaban J connectivity index is 2.55. The number of nitrogens with one attached hydrogen (secondary N) is 1.